The molecule has 2 rings (SSSR count). The predicted octanol–water partition coefficient (Wildman–Crippen LogP) is 2.24. The Morgan fingerprint density at radius 3 is 2.42 bits per heavy atom. The zero-order chi connectivity index (χ0) is 14.0. The van der Waals surface area contributed by atoms with Crippen molar-refractivity contribution in [2.45, 2.75) is 38.8 Å². The average Bonchev–Trinajstić information content (AvgIpc) is 3.23. The minimum Gasteiger partial charge on any atom is -0.496 e. The standard InChI is InChI=1S/C15H24N2O2/c1-9-5-8-12(14(18-3)10(9)2)13(17-16)15(19-4)11-6-7-11/h5,8,11,13,15,17H,6-7,16H2,1-4H3. The van der Waals surface area contributed by atoms with E-state index >= 15 is 0 Å². The number of hydrazine groups is 1. The molecule has 3 N–H and O–H groups in total. The van der Waals surface area contributed by atoms with Crippen molar-refractivity contribution in [3.63, 3.8) is 0 Å². The SMILES string of the molecule is COc1c(C(NN)C(OC)C2CC2)ccc(C)c1C. The number of methoxy groups -OCH3 is 2. The monoisotopic (exact) mass is 264 g/mol. The van der Waals surface area contributed by atoms with Gasteiger partial charge >= 0.3 is 0 Å². The smallest absolute Gasteiger partial charge is 0.126 e. The van der Waals surface area contributed by atoms with Gasteiger partial charge < -0.3 is 9.47 Å². The third-order valence-corrected chi connectivity index (χ3v) is 4.11. The van der Waals surface area contributed by atoms with Crippen LogP contribution in [0, 0.1) is 19.8 Å². The van der Waals surface area contributed by atoms with E-state index in [9.17, 15) is 0 Å². The van der Waals surface area contributed by atoms with E-state index in [1.165, 1.54) is 18.4 Å². The van der Waals surface area contributed by atoms with Gasteiger partial charge in [0.1, 0.15) is 5.75 Å². The molecule has 19 heavy (non-hydrogen) atoms. The van der Waals surface area contributed by atoms with E-state index in [2.05, 4.69) is 31.4 Å². The molecule has 0 saturated heterocycles. The summed E-state index contributed by atoms with van der Waals surface area (Å²) in [5.74, 6) is 7.28. The van der Waals surface area contributed by atoms with Gasteiger partial charge in [-0.15, -0.1) is 0 Å². The molecule has 1 fully saturated rings. The van der Waals surface area contributed by atoms with Gasteiger partial charge in [-0.3, -0.25) is 11.3 Å². The Kier molecular flexibility index (Phi) is 4.45. The summed E-state index contributed by atoms with van der Waals surface area (Å²) in [6.07, 6.45) is 2.52. The van der Waals surface area contributed by atoms with Crippen molar-refractivity contribution in [1.82, 2.24) is 5.43 Å². The van der Waals surface area contributed by atoms with Gasteiger partial charge in [-0.2, -0.15) is 0 Å². The molecule has 0 spiro atoms. The fraction of sp³-hybridized carbons (Fsp3) is 0.600. The molecule has 1 aromatic carbocycles. The normalized spacial score (nSPS) is 18.2. The summed E-state index contributed by atoms with van der Waals surface area (Å²) >= 11 is 0. The second-order valence-electron chi connectivity index (χ2n) is 5.31. The molecule has 1 aliphatic rings. The Bertz CT molecular complexity index is 444. The number of rotatable bonds is 6. The first-order valence-electron chi connectivity index (χ1n) is 6.77. The summed E-state index contributed by atoms with van der Waals surface area (Å²) in [6, 6.07) is 4.16. The van der Waals surface area contributed by atoms with Crippen LogP contribution in [0.1, 0.15) is 35.6 Å². The average molecular weight is 264 g/mol. The Hall–Kier alpha value is -1.10. The topological polar surface area (TPSA) is 56.5 Å². The summed E-state index contributed by atoms with van der Waals surface area (Å²) < 4.78 is 11.2. The highest BCUT2D eigenvalue weighted by atomic mass is 16.5. The van der Waals surface area contributed by atoms with Gasteiger partial charge in [0.05, 0.1) is 19.3 Å². The third-order valence-electron chi connectivity index (χ3n) is 4.11. The van der Waals surface area contributed by atoms with Crippen LogP contribution in [-0.2, 0) is 4.74 Å². The fourth-order valence-corrected chi connectivity index (χ4v) is 2.71. The van der Waals surface area contributed by atoms with Gasteiger partial charge in [-0.1, -0.05) is 12.1 Å². The van der Waals surface area contributed by atoms with E-state index in [1.54, 1.807) is 14.2 Å². The molecule has 2 unspecified atom stereocenters. The number of hydrogen-bond acceptors (Lipinski definition) is 4. The maximum atomic E-state index is 5.77. The molecule has 0 heterocycles. The maximum absolute atomic E-state index is 5.77. The summed E-state index contributed by atoms with van der Waals surface area (Å²) in [7, 11) is 3.46. The number of hydrogen-bond donors (Lipinski definition) is 2. The first-order valence-corrected chi connectivity index (χ1v) is 6.77. The minimum absolute atomic E-state index is 0.0354. The van der Waals surface area contributed by atoms with E-state index in [-0.39, 0.29) is 12.1 Å². The van der Waals surface area contributed by atoms with Crippen LogP contribution < -0.4 is 16.0 Å². The summed E-state index contributed by atoms with van der Waals surface area (Å²) in [5.41, 5.74) is 6.36. The second-order valence-corrected chi connectivity index (χ2v) is 5.31. The molecule has 4 heteroatoms. The Morgan fingerprint density at radius 1 is 1.26 bits per heavy atom. The van der Waals surface area contributed by atoms with Crippen molar-refractivity contribution >= 4 is 0 Å². The van der Waals surface area contributed by atoms with E-state index in [1.807, 2.05) is 0 Å². The van der Waals surface area contributed by atoms with Crippen molar-refractivity contribution in [3.8, 4) is 5.75 Å². The van der Waals surface area contributed by atoms with Crippen LogP contribution in [0.4, 0.5) is 0 Å². The second kappa shape index (κ2) is 5.90. The van der Waals surface area contributed by atoms with Gasteiger partial charge in [0.2, 0.25) is 0 Å². The molecule has 0 radical (unpaired) electrons. The largest absolute Gasteiger partial charge is 0.496 e. The molecular formula is C15H24N2O2. The summed E-state index contributed by atoms with van der Waals surface area (Å²) in [5, 5.41) is 0. The van der Waals surface area contributed by atoms with Crippen molar-refractivity contribution < 1.29 is 9.47 Å². The molecule has 2 atom stereocenters. The molecule has 4 nitrogen and oxygen atoms in total. The lowest BCUT2D eigenvalue weighted by atomic mass is 9.94. The zero-order valence-corrected chi connectivity index (χ0v) is 12.2. The third kappa shape index (κ3) is 2.76. The van der Waals surface area contributed by atoms with Gasteiger partial charge in [0, 0.05) is 12.7 Å². The molecule has 1 aromatic rings. The number of benzene rings is 1. The molecule has 0 aliphatic heterocycles. The molecule has 0 bridgehead atoms. The van der Waals surface area contributed by atoms with Gasteiger partial charge in [-0.25, -0.2) is 0 Å². The lowest BCUT2D eigenvalue weighted by Crippen LogP contribution is -2.39. The number of nitrogens with two attached hydrogens (primary N) is 1. The first-order chi connectivity index (χ1) is 9.13. The first kappa shape index (κ1) is 14.3. The van der Waals surface area contributed by atoms with Crippen molar-refractivity contribution in [2.75, 3.05) is 14.2 Å². The van der Waals surface area contributed by atoms with E-state index in [0.717, 1.165) is 16.9 Å². The highest BCUT2D eigenvalue weighted by molar-refractivity contribution is 5.47. The Morgan fingerprint density at radius 2 is 1.95 bits per heavy atom. The highest BCUT2D eigenvalue weighted by Crippen LogP contribution is 2.42. The summed E-state index contributed by atoms with van der Waals surface area (Å²) in [6.45, 7) is 4.16. The molecule has 0 amide bonds. The van der Waals surface area contributed by atoms with Crippen LogP contribution >= 0.6 is 0 Å². The minimum atomic E-state index is -0.0354. The van der Waals surface area contributed by atoms with Gasteiger partial charge in [0.15, 0.2) is 0 Å². The van der Waals surface area contributed by atoms with Crippen molar-refractivity contribution in [3.05, 3.63) is 28.8 Å². The van der Waals surface area contributed by atoms with Crippen LogP contribution in [0.5, 0.6) is 5.75 Å². The van der Waals surface area contributed by atoms with Gasteiger partial charge in [-0.05, 0) is 43.7 Å². The quantitative estimate of drug-likeness (QED) is 0.611. The lowest BCUT2D eigenvalue weighted by Gasteiger charge is -2.28. The summed E-state index contributed by atoms with van der Waals surface area (Å²) in [4.78, 5) is 0. The molecule has 1 aliphatic carbocycles. The van der Waals surface area contributed by atoms with Crippen LogP contribution in [0.25, 0.3) is 0 Å². The van der Waals surface area contributed by atoms with E-state index in [4.69, 9.17) is 15.3 Å². The maximum Gasteiger partial charge on any atom is 0.126 e. The van der Waals surface area contributed by atoms with Crippen LogP contribution in [0.2, 0.25) is 0 Å². The predicted molar refractivity (Wildman–Crippen MR) is 76.1 cm³/mol. The van der Waals surface area contributed by atoms with Crippen molar-refractivity contribution in [1.29, 1.82) is 0 Å². The van der Waals surface area contributed by atoms with E-state index in [0.29, 0.717) is 5.92 Å². The molecule has 106 valence electrons. The number of nitrogens with one attached hydrogen (secondary N) is 1. The van der Waals surface area contributed by atoms with Gasteiger partial charge in [0.25, 0.3) is 0 Å². The van der Waals surface area contributed by atoms with Crippen LogP contribution in [0.15, 0.2) is 12.1 Å². The number of ether oxygens (including phenoxy) is 2. The lowest BCUT2D eigenvalue weighted by molar-refractivity contribution is 0.0499. The fourth-order valence-electron chi connectivity index (χ4n) is 2.71. The Balaban J connectivity index is 2.39. The van der Waals surface area contributed by atoms with Crippen LogP contribution in [-0.4, -0.2) is 20.3 Å². The number of aryl methyl sites for hydroxylation is 1. The zero-order valence-electron chi connectivity index (χ0n) is 12.2. The molecular weight excluding hydrogens is 240 g/mol. The van der Waals surface area contributed by atoms with Crippen LogP contribution in [0.3, 0.4) is 0 Å². The Labute approximate surface area is 115 Å². The van der Waals surface area contributed by atoms with Crippen molar-refractivity contribution in [2.24, 2.45) is 11.8 Å². The molecule has 0 aromatic heterocycles. The highest BCUT2D eigenvalue weighted by Gasteiger charge is 2.38. The van der Waals surface area contributed by atoms with E-state index < -0.39 is 0 Å². The molecule has 1 saturated carbocycles.